The summed E-state index contributed by atoms with van der Waals surface area (Å²) in [6.07, 6.45) is 1.43. The van der Waals surface area contributed by atoms with E-state index in [1.54, 1.807) is 6.07 Å². The van der Waals surface area contributed by atoms with Crippen molar-refractivity contribution in [2.24, 2.45) is 5.73 Å². The zero-order valence-electron chi connectivity index (χ0n) is 15.1. The molecule has 26 heavy (non-hydrogen) atoms. The van der Waals surface area contributed by atoms with Gasteiger partial charge in [-0.1, -0.05) is 19.9 Å². The van der Waals surface area contributed by atoms with Crippen molar-refractivity contribution in [3.8, 4) is 0 Å². The molecule has 1 aliphatic heterocycles. The minimum absolute atomic E-state index is 0.00940. The number of amides is 2. The maximum atomic E-state index is 12.7. The maximum absolute atomic E-state index is 12.7. The Hall–Kier alpha value is -1.97. The minimum atomic E-state index is -3.84. The summed E-state index contributed by atoms with van der Waals surface area (Å²) in [4.78, 5) is 23.9. The van der Waals surface area contributed by atoms with E-state index in [9.17, 15) is 18.0 Å². The zero-order chi connectivity index (χ0) is 19.4. The van der Waals surface area contributed by atoms with E-state index in [2.05, 4.69) is 10.6 Å². The third kappa shape index (κ3) is 4.60. The van der Waals surface area contributed by atoms with Crippen molar-refractivity contribution in [2.45, 2.75) is 37.1 Å². The summed E-state index contributed by atoms with van der Waals surface area (Å²) in [5, 5.41) is 5.36. The third-order valence-electron chi connectivity index (χ3n) is 4.75. The molecule has 1 aliphatic rings. The minimum Gasteiger partial charge on any atom is -0.354 e. The van der Waals surface area contributed by atoms with Crippen LogP contribution in [0.4, 0.5) is 0 Å². The van der Waals surface area contributed by atoms with Gasteiger partial charge in [0.25, 0.3) is 5.91 Å². The highest BCUT2D eigenvalue weighted by molar-refractivity contribution is 7.89. The number of nitrogens with one attached hydrogen (secondary N) is 2. The van der Waals surface area contributed by atoms with Crippen molar-refractivity contribution in [2.75, 3.05) is 26.2 Å². The predicted molar refractivity (Wildman–Crippen MR) is 98.0 cm³/mol. The molecule has 0 aliphatic carbocycles. The van der Waals surface area contributed by atoms with E-state index in [0.29, 0.717) is 6.54 Å². The summed E-state index contributed by atoms with van der Waals surface area (Å²) in [7, 11) is -3.84. The number of sulfonamides is 1. The maximum Gasteiger partial charge on any atom is 0.251 e. The number of carbonyl (C=O) groups excluding carboxylic acids is 2. The van der Waals surface area contributed by atoms with E-state index in [4.69, 9.17) is 5.73 Å². The number of rotatable bonds is 7. The van der Waals surface area contributed by atoms with Gasteiger partial charge in [0.1, 0.15) is 0 Å². The lowest BCUT2D eigenvalue weighted by atomic mass is 9.94. The molecule has 0 bridgehead atoms. The van der Waals surface area contributed by atoms with Gasteiger partial charge in [-0.25, -0.2) is 8.42 Å². The van der Waals surface area contributed by atoms with E-state index in [1.165, 1.54) is 18.2 Å². The van der Waals surface area contributed by atoms with E-state index in [1.807, 2.05) is 13.8 Å². The fraction of sp³-hybridized carbons (Fsp3) is 0.529. The summed E-state index contributed by atoms with van der Waals surface area (Å²) in [5.74, 6) is -0.720. The molecule has 8 nitrogen and oxygen atoms in total. The van der Waals surface area contributed by atoms with Crippen LogP contribution >= 0.6 is 0 Å². The van der Waals surface area contributed by atoms with Crippen molar-refractivity contribution in [1.82, 2.24) is 14.9 Å². The van der Waals surface area contributed by atoms with Gasteiger partial charge in [-0.05, 0) is 31.0 Å². The summed E-state index contributed by atoms with van der Waals surface area (Å²) in [5.41, 5.74) is 5.93. The molecule has 1 fully saturated rings. The van der Waals surface area contributed by atoms with Crippen LogP contribution in [-0.2, 0) is 14.8 Å². The Kier molecular flexibility index (Phi) is 6.38. The normalized spacial score (nSPS) is 16.2. The molecule has 0 unspecified atom stereocenters. The number of carbonyl (C=O) groups is 2. The molecule has 0 saturated carbocycles. The molecule has 9 heteroatoms. The fourth-order valence-corrected chi connectivity index (χ4v) is 4.07. The fourth-order valence-electron chi connectivity index (χ4n) is 2.63. The largest absolute Gasteiger partial charge is 0.354 e. The van der Waals surface area contributed by atoms with Crippen LogP contribution in [0.3, 0.4) is 0 Å². The number of benzene rings is 1. The quantitative estimate of drug-likeness (QED) is 0.615. The van der Waals surface area contributed by atoms with Crippen LogP contribution in [0.1, 0.15) is 37.0 Å². The summed E-state index contributed by atoms with van der Waals surface area (Å²) >= 11 is 0. The van der Waals surface area contributed by atoms with Crippen LogP contribution in [0.25, 0.3) is 0 Å². The Balaban J connectivity index is 2.16. The molecule has 4 N–H and O–H groups in total. The average molecular weight is 382 g/mol. The molecule has 1 aromatic carbocycles. The van der Waals surface area contributed by atoms with E-state index in [-0.39, 0.29) is 41.9 Å². The number of nitrogens with zero attached hydrogens (tertiary/aromatic N) is 1. The van der Waals surface area contributed by atoms with Crippen LogP contribution < -0.4 is 16.4 Å². The van der Waals surface area contributed by atoms with Crippen molar-refractivity contribution in [3.63, 3.8) is 0 Å². The monoisotopic (exact) mass is 382 g/mol. The number of hydrogen-bond acceptors (Lipinski definition) is 5. The zero-order valence-corrected chi connectivity index (χ0v) is 15.9. The van der Waals surface area contributed by atoms with Gasteiger partial charge in [-0.3, -0.25) is 9.59 Å². The molecule has 1 heterocycles. The molecule has 0 atom stereocenters. The second kappa shape index (κ2) is 8.15. The Labute approximate surface area is 154 Å². The molecule has 1 aromatic rings. The second-order valence-electron chi connectivity index (χ2n) is 6.47. The topological polar surface area (TPSA) is 122 Å². The molecule has 0 spiro atoms. The molecule has 144 valence electrons. The molecular weight excluding hydrogens is 356 g/mol. The first-order valence-electron chi connectivity index (χ1n) is 8.66. The van der Waals surface area contributed by atoms with Crippen molar-refractivity contribution in [3.05, 3.63) is 29.8 Å². The van der Waals surface area contributed by atoms with Crippen LogP contribution in [0.2, 0.25) is 0 Å². The van der Waals surface area contributed by atoms with Gasteiger partial charge < -0.3 is 16.4 Å². The van der Waals surface area contributed by atoms with Crippen molar-refractivity contribution in [1.29, 1.82) is 0 Å². The van der Waals surface area contributed by atoms with E-state index in [0.717, 1.165) is 17.1 Å². The highest BCUT2D eigenvalue weighted by Crippen LogP contribution is 2.18. The van der Waals surface area contributed by atoms with Gasteiger partial charge in [0.2, 0.25) is 15.9 Å². The van der Waals surface area contributed by atoms with E-state index >= 15 is 0 Å². The van der Waals surface area contributed by atoms with Crippen LogP contribution in [0.5, 0.6) is 0 Å². The molecular formula is C17H26N4O4S. The standard InChI is InChI=1S/C17H26N4O4S/c1-3-17(18,4-2)12-20-16(23)13-6-5-7-14(10-13)26(24,25)21-9-8-19-15(22)11-21/h5-7,10H,3-4,8-9,11-12,18H2,1-2H3,(H,19,22)(H,20,23). The van der Waals surface area contributed by atoms with Gasteiger partial charge in [0.05, 0.1) is 11.4 Å². The molecule has 1 saturated heterocycles. The van der Waals surface area contributed by atoms with Gasteiger partial charge in [0, 0.05) is 30.7 Å². The SMILES string of the molecule is CCC(N)(CC)CNC(=O)c1cccc(S(=O)(=O)N2CCNC(=O)C2)c1. The van der Waals surface area contributed by atoms with Crippen molar-refractivity contribution >= 4 is 21.8 Å². The lowest BCUT2D eigenvalue weighted by Crippen LogP contribution is -2.50. The van der Waals surface area contributed by atoms with Crippen molar-refractivity contribution < 1.29 is 18.0 Å². The first-order chi connectivity index (χ1) is 12.2. The van der Waals surface area contributed by atoms with Gasteiger partial charge in [-0.15, -0.1) is 0 Å². The number of hydrogen-bond donors (Lipinski definition) is 3. The van der Waals surface area contributed by atoms with E-state index < -0.39 is 15.6 Å². The van der Waals surface area contributed by atoms with Gasteiger partial charge >= 0.3 is 0 Å². The summed E-state index contributed by atoms with van der Waals surface area (Å²) in [6.45, 7) is 4.47. The molecule has 2 amide bonds. The van der Waals surface area contributed by atoms with Crippen LogP contribution in [0.15, 0.2) is 29.2 Å². The highest BCUT2D eigenvalue weighted by Gasteiger charge is 2.29. The van der Waals surface area contributed by atoms with Gasteiger partial charge in [-0.2, -0.15) is 4.31 Å². The highest BCUT2D eigenvalue weighted by atomic mass is 32.2. The smallest absolute Gasteiger partial charge is 0.251 e. The van der Waals surface area contributed by atoms with Gasteiger partial charge in [0.15, 0.2) is 0 Å². The Morgan fingerprint density at radius 2 is 2.04 bits per heavy atom. The second-order valence-corrected chi connectivity index (χ2v) is 8.41. The lowest BCUT2D eigenvalue weighted by molar-refractivity contribution is -0.122. The molecule has 0 radical (unpaired) electrons. The Morgan fingerprint density at radius 1 is 1.35 bits per heavy atom. The lowest BCUT2D eigenvalue weighted by Gasteiger charge is -2.27. The summed E-state index contributed by atoms with van der Waals surface area (Å²) in [6, 6.07) is 5.81. The average Bonchev–Trinajstić information content (AvgIpc) is 2.66. The third-order valence-corrected chi connectivity index (χ3v) is 6.59. The Bertz CT molecular complexity index is 775. The first-order valence-corrected chi connectivity index (χ1v) is 10.1. The molecule has 2 rings (SSSR count). The first kappa shape index (κ1) is 20.3. The molecule has 0 aromatic heterocycles. The number of piperazine rings is 1. The van der Waals surface area contributed by atoms with Crippen LogP contribution in [-0.4, -0.2) is 56.3 Å². The number of nitrogens with two attached hydrogens (primary N) is 1. The Morgan fingerprint density at radius 3 is 2.65 bits per heavy atom. The summed E-state index contributed by atoms with van der Waals surface area (Å²) < 4.78 is 26.5. The van der Waals surface area contributed by atoms with Crippen LogP contribution in [0, 0.1) is 0 Å². The predicted octanol–water partition coefficient (Wildman–Crippen LogP) is 0.0544.